The Hall–Kier alpha value is -1.13. The van der Waals surface area contributed by atoms with E-state index in [0.717, 1.165) is 6.42 Å². The number of halogens is 1. The van der Waals surface area contributed by atoms with Crippen molar-refractivity contribution in [1.29, 1.82) is 0 Å². The molecular weight excluding hydrogens is 228 g/mol. The van der Waals surface area contributed by atoms with E-state index in [-0.39, 0.29) is 11.9 Å². The molecule has 0 aliphatic carbocycles. The van der Waals surface area contributed by atoms with Crippen LogP contribution in [-0.4, -0.2) is 30.6 Å². The molecule has 4 nitrogen and oxygen atoms in total. The number of amides is 1. The van der Waals surface area contributed by atoms with E-state index in [2.05, 4.69) is 10.3 Å². The van der Waals surface area contributed by atoms with E-state index in [1.807, 2.05) is 6.92 Å². The molecule has 5 heteroatoms. The van der Waals surface area contributed by atoms with E-state index in [4.69, 9.17) is 16.3 Å². The summed E-state index contributed by atoms with van der Waals surface area (Å²) >= 11 is 5.78. The van der Waals surface area contributed by atoms with Gasteiger partial charge in [-0.3, -0.25) is 9.78 Å². The molecule has 1 aromatic rings. The molecule has 0 radical (unpaired) electrons. The minimum Gasteiger partial charge on any atom is -0.383 e. The number of hydrogen-bond donors (Lipinski definition) is 1. The first-order valence-electron chi connectivity index (χ1n) is 5.08. The van der Waals surface area contributed by atoms with E-state index >= 15 is 0 Å². The van der Waals surface area contributed by atoms with E-state index in [9.17, 15) is 4.79 Å². The number of hydrogen-bond acceptors (Lipinski definition) is 3. The quantitative estimate of drug-likeness (QED) is 0.858. The molecule has 0 saturated carbocycles. The number of carbonyl (C=O) groups is 1. The predicted molar refractivity (Wildman–Crippen MR) is 62.7 cm³/mol. The van der Waals surface area contributed by atoms with Crippen molar-refractivity contribution in [3.05, 3.63) is 29.0 Å². The van der Waals surface area contributed by atoms with Gasteiger partial charge in [-0.15, -0.1) is 0 Å². The Balaban J connectivity index is 2.64. The molecule has 88 valence electrons. The monoisotopic (exact) mass is 242 g/mol. The Morgan fingerprint density at radius 3 is 3.00 bits per heavy atom. The first-order valence-corrected chi connectivity index (χ1v) is 5.46. The zero-order valence-electron chi connectivity index (χ0n) is 9.37. The van der Waals surface area contributed by atoms with Crippen LogP contribution in [0.2, 0.25) is 5.02 Å². The Bertz CT molecular complexity index is 358. The Morgan fingerprint density at radius 2 is 2.44 bits per heavy atom. The standard InChI is InChI=1S/C11H15ClN2O2/c1-3-9(7-16-2)14-11(15)10-6-8(12)4-5-13-10/h4-6,9H,3,7H2,1-2H3,(H,14,15). The van der Waals surface area contributed by atoms with Crippen molar-refractivity contribution in [1.82, 2.24) is 10.3 Å². The van der Waals surface area contributed by atoms with Gasteiger partial charge < -0.3 is 10.1 Å². The van der Waals surface area contributed by atoms with Gasteiger partial charge in [-0.1, -0.05) is 18.5 Å². The molecule has 0 bridgehead atoms. The molecule has 0 aliphatic rings. The van der Waals surface area contributed by atoms with Crippen LogP contribution in [0.4, 0.5) is 0 Å². The molecule has 1 unspecified atom stereocenters. The van der Waals surface area contributed by atoms with E-state index in [1.165, 1.54) is 12.3 Å². The SMILES string of the molecule is CCC(COC)NC(=O)c1cc(Cl)ccn1. The maximum atomic E-state index is 11.8. The summed E-state index contributed by atoms with van der Waals surface area (Å²) in [4.78, 5) is 15.7. The zero-order valence-corrected chi connectivity index (χ0v) is 10.1. The summed E-state index contributed by atoms with van der Waals surface area (Å²) in [6, 6.07) is 3.17. The van der Waals surface area contributed by atoms with Crippen molar-refractivity contribution < 1.29 is 9.53 Å². The van der Waals surface area contributed by atoms with Gasteiger partial charge in [-0.2, -0.15) is 0 Å². The van der Waals surface area contributed by atoms with Crippen molar-refractivity contribution >= 4 is 17.5 Å². The number of carbonyl (C=O) groups excluding carboxylic acids is 1. The molecule has 0 spiro atoms. The summed E-state index contributed by atoms with van der Waals surface area (Å²) in [5.74, 6) is -0.230. The summed E-state index contributed by atoms with van der Waals surface area (Å²) in [5, 5.41) is 3.33. The summed E-state index contributed by atoms with van der Waals surface area (Å²) < 4.78 is 4.99. The number of ether oxygens (including phenoxy) is 1. The fourth-order valence-electron chi connectivity index (χ4n) is 1.25. The van der Waals surface area contributed by atoms with Gasteiger partial charge >= 0.3 is 0 Å². The minimum absolute atomic E-state index is 0.00159. The lowest BCUT2D eigenvalue weighted by atomic mass is 10.2. The third-order valence-electron chi connectivity index (χ3n) is 2.15. The molecule has 0 fully saturated rings. The topological polar surface area (TPSA) is 51.2 Å². The van der Waals surface area contributed by atoms with Crippen LogP contribution in [0.1, 0.15) is 23.8 Å². The molecule has 1 heterocycles. The van der Waals surface area contributed by atoms with Crippen molar-refractivity contribution in [2.45, 2.75) is 19.4 Å². The molecule has 0 aliphatic heterocycles. The smallest absolute Gasteiger partial charge is 0.270 e. The van der Waals surface area contributed by atoms with Crippen LogP contribution in [0.25, 0.3) is 0 Å². The van der Waals surface area contributed by atoms with Gasteiger partial charge in [-0.25, -0.2) is 0 Å². The maximum Gasteiger partial charge on any atom is 0.270 e. The molecule has 1 atom stereocenters. The van der Waals surface area contributed by atoms with Gasteiger partial charge in [0.1, 0.15) is 5.69 Å². The number of nitrogens with zero attached hydrogens (tertiary/aromatic N) is 1. The van der Waals surface area contributed by atoms with Gasteiger partial charge in [0, 0.05) is 18.3 Å². The molecule has 1 N–H and O–H groups in total. The van der Waals surface area contributed by atoms with Gasteiger partial charge in [0.15, 0.2) is 0 Å². The molecule has 0 saturated heterocycles. The highest BCUT2D eigenvalue weighted by Gasteiger charge is 2.12. The Kier molecular flexibility index (Phi) is 5.22. The van der Waals surface area contributed by atoms with Crippen LogP contribution < -0.4 is 5.32 Å². The second-order valence-corrected chi connectivity index (χ2v) is 3.83. The summed E-state index contributed by atoms with van der Waals surface area (Å²) in [6.07, 6.45) is 2.31. The van der Waals surface area contributed by atoms with Crippen LogP contribution in [0.15, 0.2) is 18.3 Å². The molecule has 0 aromatic carbocycles. The van der Waals surface area contributed by atoms with Crippen LogP contribution in [0.3, 0.4) is 0 Å². The lowest BCUT2D eigenvalue weighted by Gasteiger charge is -2.15. The van der Waals surface area contributed by atoms with Crippen LogP contribution in [0, 0.1) is 0 Å². The lowest BCUT2D eigenvalue weighted by molar-refractivity contribution is 0.0889. The molecule has 1 rings (SSSR count). The largest absolute Gasteiger partial charge is 0.383 e. The number of aromatic nitrogens is 1. The number of methoxy groups -OCH3 is 1. The maximum absolute atomic E-state index is 11.8. The Labute approximate surface area is 100.0 Å². The van der Waals surface area contributed by atoms with Crippen LogP contribution in [0.5, 0.6) is 0 Å². The average Bonchev–Trinajstić information content (AvgIpc) is 2.28. The zero-order chi connectivity index (χ0) is 12.0. The molecule has 1 aromatic heterocycles. The number of nitrogens with one attached hydrogen (secondary N) is 1. The van der Waals surface area contributed by atoms with Crippen molar-refractivity contribution in [2.75, 3.05) is 13.7 Å². The number of pyridine rings is 1. The summed E-state index contributed by atoms with van der Waals surface area (Å²) in [7, 11) is 1.60. The summed E-state index contributed by atoms with van der Waals surface area (Å²) in [6.45, 7) is 2.47. The normalized spacial score (nSPS) is 12.2. The fraction of sp³-hybridized carbons (Fsp3) is 0.455. The highest BCUT2D eigenvalue weighted by molar-refractivity contribution is 6.30. The molecular formula is C11H15ClN2O2. The Morgan fingerprint density at radius 1 is 1.69 bits per heavy atom. The van der Waals surface area contributed by atoms with Gasteiger partial charge in [-0.05, 0) is 18.6 Å². The predicted octanol–water partition coefficient (Wildman–Crippen LogP) is 1.89. The van der Waals surface area contributed by atoms with Crippen molar-refractivity contribution in [3.8, 4) is 0 Å². The first kappa shape index (κ1) is 12.9. The second kappa shape index (κ2) is 6.45. The van der Waals surface area contributed by atoms with E-state index in [0.29, 0.717) is 17.3 Å². The number of rotatable bonds is 5. The summed E-state index contributed by atoms with van der Waals surface area (Å²) in [5.41, 5.74) is 0.321. The van der Waals surface area contributed by atoms with Gasteiger partial charge in [0.2, 0.25) is 0 Å². The molecule has 16 heavy (non-hydrogen) atoms. The first-order chi connectivity index (χ1) is 7.67. The van der Waals surface area contributed by atoms with Gasteiger partial charge in [0.05, 0.1) is 12.6 Å². The average molecular weight is 243 g/mol. The third kappa shape index (κ3) is 3.79. The third-order valence-corrected chi connectivity index (χ3v) is 2.39. The highest BCUT2D eigenvalue weighted by Crippen LogP contribution is 2.08. The van der Waals surface area contributed by atoms with Crippen LogP contribution in [-0.2, 0) is 4.74 Å². The van der Waals surface area contributed by atoms with Crippen molar-refractivity contribution in [2.24, 2.45) is 0 Å². The molecule has 1 amide bonds. The lowest BCUT2D eigenvalue weighted by Crippen LogP contribution is -2.37. The fourth-order valence-corrected chi connectivity index (χ4v) is 1.41. The second-order valence-electron chi connectivity index (χ2n) is 3.39. The van der Waals surface area contributed by atoms with Crippen LogP contribution >= 0.6 is 11.6 Å². The highest BCUT2D eigenvalue weighted by atomic mass is 35.5. The van der Waals surface area contributed by atoms with E-state index in [1.54, 1.807) is 13.2 Å². The minimum atomic E-state index is -0.230. The van der Waals surface area contributed by atoms with Crippen molar-refractivity contribution in [3.63, 3.8) is 0 Å². The van der Waals surface area contributed by atoms with Gasteiger partial charge in [0.25, 0.3) is 5.91 Å². The van der Waals surface area contributed by atoms with E-state index < -0.39 is 0 Å².